The van der Waals surface area contributed by atoms with Crippen LogP contribution in [0.25, 0.3) is 6.08 Å². The minimum atomic E-state index is 0.121. The van der Waals surface area contributed by atoms with E-state index < -0.39 is 0 Å². The lowest BCUT2D eigenvalue weighted by molar-refractivity contribution is 1.12. The van der Waals surface area contributed by atoms with Crippen LogP contribution in [0.4, 0.5) is 0 Å². The van der Waals surface area contributed by atoms with Crippen molar-refractivity contribution in [3.63, 3.8) is 0 Å². The summed E-state index contributed by atoms with van der Waals surface area (Å²) in [6.07, 6.45) is 11.9. The summed E-state index contributed by atoms with van der Waals surface area (Å²) in [6.45, 7) is 0. The number of hydrogen-bond acceptors (Lipinski definition) is 1. The Bertz CT molecular complexity index is 424. The molecule has 0 fully saturated rings. The largest absolute Gasteiger partial charge is 0.304 e. The van der Waals surface area contributed by atoms with Gasteiger partial charge in [0.1, 0.15) is 0 Å². The third-order valence-corrected chi connectivity index (χ3v) is 2.36. The van der Waals surface area contributed by atoms with E-state index in [1.54, 1.807) is 0 Å². The van der Waals surface area contributed by atoms with Gasteiger partial charge in [-0.1, -0.05) is 60.7 Å². The van der Waals surface area contributed by atoms with Gasteiger partial charge >= 0.3 is 0 Å². The molecule has 1 aromatic carbocycles. The third kappa shape index (κ3) is 2.53. The summed E-state index contributed by atoms with van der Waals surface area (Å²) in [5.74, 6) is 0.121. The Balaban J connectivity index is 2.09. The maximum absolute atomic E-state index is 7.72. The first kappa shape index (κ1) is 9.66. The van der Waals surface area contributed by atoms with E-state index in [1.165, 1.54) is 5.56 Å². The van der Waals surface area contributed by atoms with Gasteiger partial charge in [-0.15, -0.1) is 0 Å². The highest BCUT2D eigenvalue weighted by molar-refractivity contribution is 5.98. The lowest BCUT2D eigenvalue weighted by Gasteiger charge is -2.08. The average molecular weight is 195 g/mol. The van der Waals surface area contributed by atoms with Gasteiger partial charge in [-0.3, -0.25) is 0 Å². The van der Waals surface area contributed by atoms with Gasteiger partial charge in [-0.25, -0.2) is 0 Å². The fourth-order valence-electron chi connectivity index (χ4n) is 1.50. The number of hydrogen-bond donors (Lipinski definition) is 1. The molecular formula is C14H13N. The Kier molecular flexibility index (Phi) is 2.93. The van der Waals surface area contributed by atoms with E-state index in [-0.39, 0.29) is 5.92 Å². The van der Waals surface area contributed by atoms with Crippen LogP contribution in [0.2, 0.25) is 0 Å². The molecule has 0 amide bonds. The van der Waals surface area contributed by atoms with Crippen molar-refractivity contribution in [2.24, 2.45) is 5.92 Å². The zero-order chi connectivity index (χ0) is 10.5. The van der Waals surface area contributed by atoms with E-state index in [4.69, 9.17) is 5.41 Å². The fraction of sp³-hybridized carbons (Fsp3) is 0.0714. The molecule has 0 aliphatic heterocycles. The molecule has 0 radical (unpaired) electrons. The minimum absolute atomic E-state index is 0.121. The maximum Gasteiger partial charge on any atom is 0.0420 e. The van der Waals surface area contributed by atoms with E-state index in [0.717, 1.165) is 0 Å². The van der Waals surface area contributed by atoms with Crippen molar-refractivity contribution in [2.75, 3.05) is 0 Å². The fourth-order valence-corrected chi connectivity index (χ4v) is 1.50. The van der Waals surface area contributed by atoms with Gasteiger partial charge < -0.3 is 5.41 Å². The van der Waals surface area contributed by atoms with Gasteiger partial charge in [0, 0.05) is 11.6 Å². The van der Waals surface area contributed by atoms with Gasteiger partial charge in [-0.05, 0) is 11.6 Å². The van der Waals surface area contributed by atoms with Crippen LogP contribution in [0.3, 0.4) is 0 Å². The lowest BCUT2D eigenvalue weighted by atomic mass is 9.97. The zero-order valence-electron chi connectivity index (χ0n) is 8.43. The molecule has 0 saturated carbocycles. The molecule has 1 unspecified atom stereocenters. The van der Waals surface area contributed by atoms with Gasteiger partial charge in [0.15, 0.2) is 0 Å². The van der Waals surface area contributed by atoms with Gasteiger partial charge in [-0.2, -0.15) is 0 Å². The van der Waals surface area contributed by atoms with Crippen LogP contribution in [0, 0.1) is 11.3 Å². The van der Waals surface area contributed by atoms with E-state index in [0.29, 0.717) is 5.71 Å². The van der Waals surface area contributed by atoms with E-state index in [9.17, 15) is 0 Å². The summed E-state index contributed by atoms with van der Waals surface area (Å²) >= 11 is 0. The summed E-state index contributed by atoms with van der Waals surface area (Å²) in [7, 11) is 0. The molecule has 1 atom stereocenters. The highest BCUT2D eigenvalue weighted by Crippen LogP contribution is 2.12. The van der Waals surface area contributed by atoms with Crippen molar-refractivity contribution in [2.45, 2.75) is 0 Å². The van der Waals surface area contributed by atoms with Crippen LogP contribution in [-0.2, 0) is 0 Å². The van der Waals surface area contributed by atoms with E-state index in [2.05, 4.69) is 24.3 Å². The molecule has 0 spiro atoms. The van der Waals surface area contributed by atoms with Crippen molar-refractivity contribution in [1.29, 1.82) is 5.41 Å². The minimum Gasteiger partial charge on any atom is -0.304 e. The summed E-state index contributed by atoms with van der Waals surface area (Å²) in [5.41, 5.74) is 1.82. The molecule has 1 heteroatoms. The predicted molar refractivity (Wildman–Crippen MR) is 65.0 cm³/mol. The van der Waals surface area contributed by atoms with Crippen LogP contribution in [0.1, 0.15) is 5.56 Å². The van der Waals surface area contributed by atoms with Crippen molar-refractivity contribution in [3.05, 3.63) is 66.3 Å². The first-order valence-electron chi connectivity index (χ1n) is 5.03. The molecule has 1 N–H and O–H groups in total. The summed E-state index contributed by atoms with van der Waals surface area (Å²) in [5, 5.41) is 7.72. The molecule has 1 aromatic rings. The molecule has 0 saturated heterocycles. The van der Waals surface area contributed by atoms with Crippen molar-refractivity contribution < 1.29 is 0 Å². The summed E-state index contributed by atoms with van der Waals surface area (Å²) in [6, 6.07) is 10.1. The standard InChI is InChI=1S/C14H13N/c15-14-9-5-4-8-13(14)11-10-12-6-2-1-3-7-12/h1-11,13,15H/b11-10+,15-14?. The second kappa shape index (κ2) is 4.56. The Hall–Kier alpha value is -1.89. The quantitative estimate of drug-likeness (QED) is 0.747. The summed E-state index contributed by atoms with van der Waals surface area (Å²) < 4.78 is 0. The Morgan fingerprint density at radius 3 is 2.60 bits per heavy atom. The molecule has 74 valence electrons. The molecule has 1 nitrogen and oxygen atoms in total. The van der Waals surface area contributed by atoms with Crippen LogP contribution in [0.15, 0.2) is 60.7 Å². The Morgan fingerprint density at radius 1 is 1.07 bits per heavy atom. The lowest BCUT2D eigenvalue weighted by Crippen LogP contribution is -2.07. The first-order chi connectivity index (χ1) is 7.36. The molecule has 1 aliphatic carbocycles. The molecular weight excluding hydrogens is 182 g/mol. The van der Waals surface area contributed by atoms with Crippen LogP contribution < -0.4 is 0 Å². The molecule has 2 rings (SSSR count). The van der Waals surface area contributed by atoms with Crippen molar-refractivity contribution >= 4 is 11.8 Å². The van der Waals surface area contributed by atoms with Gasteiger partial charge in [0.25, 0.3) is 0 Å². The average Bonchev–Trinajstić information content (AvgIpc) is 2.29. The second-order valence-corrected chi connectivity index (χ2v) is 3.49. The van der Waals surface area contributed by atoms with Crippen molar-refractivity contribution in [1.82, 2.24) is 0 Å². The highest BCUT2D eigenvalue weighted by atomic mass is 14.4. The molecule has 15 heavy (non-hydrogen) atoms. The second-order valence-electron chi connectivity index (χ2n) is 3.49. The number of benzene rings is 1. The van der Waals surface area contributed by atoms with E-state index in [1.807, 2.05) is 42.5 Å². The normalized spacial score (nSPS) is 20.0. The molecule has 0 heterocycles. The number of rotatable bonds is 2. The monoisotopic (exact) mass is 195 g/mol. The van der Waals surface area contributed by atoms with Crippen molar-refractivity contribution in [3.8, 4) is 0 Å². The zero-order valence-corrected chi connectivity index (χ0v) is 8.43. The van der Waals surface area contributed by atoms with Crippen LogP contribution in [0.5, 0.6) is 0 Å². The number of nitrogens with one attached hydrogen (secondary N) is 1. The van der Waals surface area contributed by atoms with Crippen LogP contribution in [-0.4, -0.2) is 5.71 Å². The molecule has 0 aromatic heterocycles. The Labute approximate surface area is 90.0 Å². The third-order valence-electron chi connectivity index (χ3n) is 2.36. The predicted octanol–water partition coefficient (Wildman–Crippen LogP) is 3.46. The van der Waals surface area contributed by atoms with E-state index >= 15 is 0 Å². The number of allylic oxidation sites excluding steroid dienone is 5. The van der Waals surface area contributed by atoms with Crippen LogP contribution >= 0.6 is 0 Å². The summed E-state index contributed by atoms with van der Waals surface area (Å²) in [4.78, 5) is 0. The SMILES string of the molecule is N=C1C=CC=CC1/C=C/c1ccccc1. The van der Waals surface area contributed by atoms with Gasteiger partial charge in [0.2, 0.25) is 0 Å². The topological polar surface area (TPSA) is 23.9 Å². The van der Waals surface area contributed by atoms with Gasteiger partial charge in [0.05, 0.1) is 0 Å². The Morgan fingerprint density at radius 2 is 1.87 bits per heavy atom. The highest BCUT2D eigenvalue weighted by Gasteiger charge is 2.06. The molecule has 1 aliphatic rings. The maximum atomic E-state index is 7.72. The molecule has 0 bridgehead atoms. The smallest absolute Gasteiger partial charge is 0.0420 e. The first-order valence-corrected chi connectivity index (χ1v) is 5.03.